The van der Waals surface area contributed by atoms with Crippen LogP contribution in [0.1, 0.15) is 25.2 Å². The molecule has 0 atom stereocenters. The van der Waals surface area contributed by atoms with Gasteiger partial charge in [-0.05, 0) is 36.1 Å². The third-order valence-electron chi connectivity index (χ3n) is 4.42. The Morgan fingerprint density at radius 3 is 2.59 bits per heavy atom. The van der Waals surface area contributed by atoms with Crippen molar-refractivity contribution >= 4 is 38.0 Å². The van der Waals surface area contributed by atoms with Crippen LogP contribution < -0.4 is 4.90 Å². The van der Waals surface area contributed by atoms with E-state index in [0.717, 1.165) is 10.7 Å². The summed E-state index contributed by atoms with van der Waals surface area (Å²) in [6.07, 6.45) is 0.458. The topological polar surface area (TPSA) is 66.4 Å². The fraction of sp³-hybridized carbons (Fsp3) is 0.368. The van der Waals surface area contributed by atoms with Gasteiger partial charge in [-0.15, -0.1) is 11.3 Å². The molecule has 0 amide bonds. The van der Waals surface area contributed by atoms with Crippen molar-refractivity contribution in [1.82, 2.24) is 13.7 Å². The number of aromatic nitrogens is 2. The van der Waals surface area contributed by atoms with Gasteiger partial charge in [0, 0.05) is 44.1 Å². The van der Waals surface area contributed by atoms with E-state index in [-0.39, 0.29) is 5.82 Å². The minimum absolute atomic E-state index is 0.278. The fourth-order valence-electron chi connectivity index (χ4n) is 2.88. The zero-order valence-electron chi connectivity index (χ0n) is 16.3. The smallest absolute Gasteiger partial charge is 0.252 e. The van der Waals surface area contributed by atoms with Crippen LogP contribution in [0.15, 0.2) is 46.0 Å². The first kappa shape index (κ1) is 21.8. The molecule has 2 aromatic heterocycles. The minimum Gasteiger partial charge on any atom is -0.346 e. The lowest BCUT2D eigenvalue weighted by Crippen LogP contribution is -2.38. The van der Waals surface area contributed by atoms with Gasteiger partial charge in [-0.2, -0.15) is 8.68 Å². The normalized spacial score (nSPS) is 11.9. The number of hydrogen-bond acceptors (Lipinski definition) is 7. The summed E-state index contributed by atoms with van der Waals surface area (Å²) < 4.78 is 45.1. The maximum absolute atomic E-state index is 13.4. The molecule has 0 N–H and O–H groups in total. The molecule has 0 bridgehead atoms. The molecular weight excluding hydrogens is 431 g/mol. The molecule has 0 saturated carbocycles. The maximum atomic E-state index is 13.4. The average molecular weight is 455 g/mol. The van der Waals surface area contributed by atoms with Gasteiger partial charge in [0.1, 0.15) is 15.9 Å². The van der Waals surface area contributed by atoms with Crippen molar-refractivity contribution in [2.75, 3.05) is 31.1 Å². The van der Waals surface area contributed by atoms with Gasteiger partial charge in [0.25, 0.3) is 10.0 Å². The summed E-state index contributed by atoms with van der Waals surface area (Å²) in [6.45, 7) is 5.80. The lowest BCUT2D eigenvalue weighted by atomic mass is 10.1. The second kappa shape index (κ2) is 9.75. The van der Waals surface area contributed by atoms with Crippen molar-refractivity contribution in [2.24, 2.45) is 0 Å². The molecule has 6 nitrogen and oxygen atoms in total. The lowest BCUT2D eigenvalue weighted by Gasteiger charge is -2.24. The van der Waals surface area contributed by atoms with Gasteiger partial charge in [-0.25, -0.2) is 17.8 Å². The first-order valence-electron chi connectivity index (χ1n) is 9.29. The van der Waals surface area contributed by atoms with Gasteiger partial charge in [-0.3, -0.25) is 0 Å². The monoisotopic (exact) mass is 454 g/mol. The van der Waals surface area contributed by atoms with E-state index in [1.807, 2.05) is 24.8 Å². The van der Waals surface area contributed by atoms with E-state index in [1.54, 1.807) is 23.6 Å². The van der Waals surface area contributed by atoms with Crippen LogP contribution in [0.2, 0.25) is 0 Å². The number of anilines is 1. The second-order valence-corrected chi connectivity index (χ2v) is 10.2. The van der Waals surface area contributed by atoms with E-state index in [9.17, 15) is 12.8 Å². The van der Waals surface area contributed by atoms with Crippen LogP contribution >= 0.6 is 22.9 Å². The molecule has 0 saturated heterocycles. The number of sulfonamides is 1. The van der Waals surface area contributed by atoms with Gasteiger partial charge in [-0.1, -0.05) is 25.1 Å². The largest absolute Gasteiger partial charge is 0.346 e. The Hall–Kier alpha value is -1.88. The van der Waals surface area contributed by atoms with Crippen LogP contribution in [0.5, 0.6) is 0 Å². The number of benzene rings is 1. The first-order chi connectivity index (χ1) is 13.9. The molecule has 0 radical (unpaired) electrons. The second-order valence-electron chi connectivity index (χ2n) is 6.31. The van der Waals surface area contributed by atoms with E-state index >= 15 is 0 Å². The molecule has 1 aromatic carbocycles. The summed E-state index contributed by atoms with van der Waals surface area (Å²) in [6, 6.07) is 9.77. The number of hydrogen-bond donors (Lipinski definition) is 0. The number of likely N-dealkylation sites (N-methyl/N-ethyl adjacent to an activating group) is 2. The van der Waals surface area contributed by atoms with E-state index in [1.165, 1.54) is 39.3 Å². The Bertz CT molecular complexity index is 1020. The summed E-state index contributed by atoms with van der Waals surface area (Å²) in [4.78, 5) is 6.58. The zero-order valence-corrected chi connectivity index (χ0v) is 18.7. The molecule has 29 heavy (non-hydrogen) atoms. The van der Waals surface area contributed by atoms with Crippen molar-refractivity contribution in [3.63, 3.8) is 0 Å². The molecule has 3 rings (SSSR count). The Balaban J connectivity index is 1.66. The highest BCUT2D eigenvalue weighted by atomic mass is 32.2. The Morgan fingerprint density at radius 2 is 1.93 bits per heavy atom. The standard InChI is InChI=1S/C19H23FN4O2S3/c1-3-23(10-11-24(4-2)29(25,26)18-9-6-12-27-18)19-21-17(22-28-19)14-15-7-5-8-16(20)13-15/h5-9,12-13H,3-4,10-11,14H2,1-2H3. The molecule has 0 spiro atoms. The van der Waals surface area contributed by atoms with Crippen LogP contribution in [0.3, 0.4) is 0 Å². The first-order valence-corrected chi connectivity index (χ1v) is 12.4. The van der Waals surface area contributed by atoms with E-state index in [0.29, 0.717) is 42.6 Å². The SMILES string of the molecule is CCN(CCN(CC)S(=O)(=O)c1cccs1)c1nc(Cc2cccc(F)c2)ns1. The van der Waals surface area contributed by atoms with Crippen molar-refractivity contribution < 1.29 is 12.8 Å². The Labute approximate surface area is 178 Å². The third-order valence-corrected chi connectivity index (χ3v) is 8.58. The van der Waals surface area contributed by atoms with Gasteiger partial charge in [0.05, 0.1) is 0 Å². The molecule has 156 valence electrons. The molecule has 0 aliphatic heterocycles. The molecule has 10 heteroatoms. The molecule has 0 aliphatic carbocycles. The van der Waals surface area contributed by atoms with Gasteiger partial charge < -0.3 is 4.90 Å². The van der Waals surface area contributed by atoms with Crippen LogP contribution in [-0.2, 0) is 16.4 Å². The lowest BCUT2D eigenvalue weighted by molar-refractivity contribution is 0.432. The summed E-state index contributed by atoms with van der Waals surface area (Å²) in [5.74, 6) is 0.354. The zero-order chi connectivity index (χ0) is 20.9. The predicted octanol–water partition coefficient (Wildman–Crippen LogP) is 3.87. The minimum atomic E-state index is -3.48. The molecule has 0 unspecified atom stereocenters. The molecule has 0 fully saturated rings. The highest BCUT2D eigenvalue weighted by Gasteiger charge is 2.24. The summed E-state index contributed by atoms with van der Waals surface area (Å²) in [5, 5.41) is 2.50. The van der Waals surface area contributed by atoms with E-state index in [4.69, 9.17) is 0 Å². The number of thiophene rings is 1. The number of halogens is 1. The average Bonchev–Trinajstić information content (AvgIpc) is 3.38. The maximum Gasteiger partial charge on any atom is 0.252 e. The Morgan fingerprint density at radius 1 is 1.10 bits per heavy atom. The summed E-state index contributed by atoms with van der Waals surface area (Å²) in [7, 11) is -3.48. The highest BCUT2D eigenvalue weighted by Crippen LogP contribution is 2.22. The molecule has 0 aliphatic rings. The van der Waals surface area contributed by atoms with Gasteiger partial charge in [0.2, 0.25) is 5.13 Å². The number of nitrogens with zero attached hydrogens (tertiary/aromatic N) is 4. The van der Waals surface area contributed by atoms with Crippen LogP contribution in [-0.4, -0.2) is 48.3 Å². The van der Waals surface area contributed by atoms with Crippen molar-refractivity contribution in [3.05, 3.63) is 59.0 Å². The quantitative estimate of drug-likeness (QED) is 0.465. The van der Waals surface area contributed by atoms with Crippen LogP contribution in [0.25, 0.3) is 0 Å². The van der Waals surface area contributed by atoms with Gasteiger partial charge >= 0.3 is 0 Å². The van der Waals surface area contributed by atoms with E-state index < -0.39 is 10.0 Å². The summed E-state index contributed by atoms with van der Waals surface area (Å²) in [5.41, 5.74) is 0.816. The molecule has 3 aromatic rings. The van der Waals surface area contributed by atoms with Crippen molar-refractivity contribution in [2.45, 2.75) is 24.5 Å². The highest BCUT2D eigenvalue weighted by molar-refractivity contribution is 7.91. The summed E-state index contributed by atoms with van der Waals surface area (Å²) >= 11 is 2.50. The molecular formula is C19H23FN4O2S3. The molecule has 2 heterocycles. The Kier molecular flexibility index (Phi) is 7.33. The van der Waals surface area contributed by atoms with Crippen LogP contribution in [0.4, 0.5) is 9.52 Å². The van der Waals surface area contributed by atoms with Crippen LogP contribution in [0, 0.1) is 5.82 Å². The van der Waals surface area contributed by atoms with E-state index in [2.05, 4.69) is 9.36 Å². The van der Waals surface area contributed by atoms with Crippen molar-refractivity contribution in [1.29, 1.82) is 0 Å². The van der Waals surface area contributed by atoms with Gasteiger partial charge in [0.15, 0.2) is 0 Å². The predicted molar refractivity (Wildman–Crippen MR) is 116 cm³/mol. The van der Waals surface area contributed by atoms with Crippen molar-refractivity contribution in [3.8, 4) is 0 Å². The third kappa shape index (κ3) is 5.39. The number of rotatable bonds is 10. The fourth-order valence-corrected chi connectivity index (χ4v) is 6.24.